The molecule has 1 heterocycles. The summed E-state index contributed by atoms with van der Waals surface area (Å²) in [5.41, 5.74) is 0.653. The first-order valence-electron chi connectivity index (χ1n) is 6.16. The van der Waals surface area contributed by atoms with E-state index in [9.17, 15) is 14.9 Å². The molecule has 0 fully saturated rings. The molecular weight excluding hydrogens is 308 g/mol. The number of nitriles is 1. The highest BCUT2D eigenvalue weighted by Crippen LogP contribution is 2.32. The van der Waals surface area contributed by atoms with E-state index in [-0.39, 0.29) is 5.75 Å². The zero-order valence-corrected chi connectivity index (χ0v) is 12.3. The molecule has 1 aromatic heterocycles. The Morgan fingerprint density at radius 3 is 2.73 bits per heavy atom. The molecule has 0 amide bonds. The van der Waals surface area contributed by atoms with Crippen LogP contribution in [-0.4, -0.2) is 22.8 Å². The van der Waals surface area contributed by atoms with Crippen LogP contribution >= 0.6 is 11.6 Å². The van der Waals surface area contributed by atoms with Gasteiger partial charge in [-0.2, -0.15) is 5.26 Å². The van der Waals surface area contributed by atoms with Gasteiger partial charge in [0.2, 0.25) is 0 Å². The number of aliphatic carboxylic acids is 1. The van der Waals surface area contributed by atoms with Crippen LogP contribution in [0.2, 0.25) is 5.02 Å². The minimum absolute atomic E-state index is 0.277. The number of hydrogen-bond acceptors (Lipinski definition) is 4. The van der Waals surface area contributed by atoms with Crippen LogP contribution < -0.4 is 10.3 Å². The number of hydrogen-bond donors (Lipinski definition) is 1. The lowest BCUT2D eigenvalue weighted by Crippen LogP contribution is -2.23. The van der Waals surface area contributed by atoms with Crippen LogP contribution in [0.3, 0.4) is 0 Å². The monoisotopic (exact) mass is 318 g/mol. The Bertz CT molecular complexity index is 836. The van der Waals surface area contributed by atoms with Gasteiger partial charge in [-0.25, -0.2) is 0 Å². The smallest absolute Gasteiger partial charge is 0.323 e. The molecule has 0 unspecified atom stereocenters. The van der Waals surface area contributed by atoms with E-state index in [2.05, 4.69) is 0 Å². The van der Waals surface area contributed by atoms with E-state index in [0.717, 1.165) is 4.57 Å². The number of methoxy groups -OCH3 is 1. The first-order chi connectivity index (χ1) is 10.5. The maximum absolute atomic E-state index is 12.0. The van der Waals surface area contributed by atoms with Crippen molar-refractivity contribution in [3.63, 3.8) is 0 Å². The lowest BCUT2D eigenvalue weighted by molar-refractivity contribution is -0.137. The Labute approximate surface area is 130 Å². The molecule has 0 spiro atoms. The van der Waals surface area contributed by atoms with Crippen molar-refractivity contribution in [1.82, 2.24) is 4.57 Å². The molecule has 6 nitrogen and oxygen atoms in total. The molecule has 1 aromatic carbocycles. The van der Waals surface area contributed by atoms with E-state index in [1.165, 1.54) is 19.4 Å². The molecule has 2 rings (SSSR count). The van der Waals surface area contributed by atoms with E-state index < -0.39 is 18.1 Å². The summed E-state index contributed by atoms with van der Waals surface area (Å²) in [4.78, 5) is 22.8. The normalized spacial score (nSPS) is 10.0. The molecule has 112 valence electrons. The van der Waals surface area contributed by atoms with Crippen molar-refractivity contribution in [2.75, 3.05) is 7.11 Å². The molecule has 22 heavy (non-hydrogen) atoms. The van der Waals surface area contributed by atoms with Gasteiger partial charge in [0.05, 0.1) is 24.9 Å². The summed E-state index contributed by atoms with van der Waals surface area (Å²) >= 11 is 5.95. The first-order valence-corrected chi connectivity index (χ1v) is 6.54. The molecule has 0 radical (unpaired) electrons. The average molecular weight is 319 g/mol. The van der Waals surface area contributed by atoms with Crippen molar-refractivity contribution in [2.24, 2.45) is 0 Å². The lowest BCUT2D eigenvalue weighted by atomic mass is 10.0. The number of carbonyl (C=O) groups is 1. The standard InChI is InChI=1S/C15H11ClN2O4/c1-22-13-7-18(8-15(20)21)14(19)5-12(13)11-4-10(16)3-2-9(11)6-17/h2-5,7H,8H2,1H3,(H,20,21). The SMILES string of the molecule is COc1cn(CC(=O)O)c(=O)cc1-c1cc(Cl)ccc1C#N. The van der Waals surface area contributed by atoms with Crippen molar-refractivity contribution in [1.29, 1.82) is 5.26 Å². The highest BCUT2D eigenvalue weighted by atomic mass is 35.5. The van der Waals surface area contributed by atoms with Gasteiger partial charge in [0.15, 0.2) is 0 Å². The summed E-state index contributed by atoms with van der Waals surface area (Å²) in [7, 11) is 1.39. The summed E-state index contributed by atoms with van der Waals surface area (Å²) in [6.45, 7) is -0.476. The number of halogens is 1. The Hall–Kier alpha value is -2.78. The van der Waals surface area contributed by atoms with Gasteiger partial charge in [0, 0.05) is 22.2 Å². The van der Waals surface area contributed by atoms with E-state index in [1.807, 2.05) is 6.07 Å². The van der Waals surface area contributed by atoms with Crippen LogP contribution in [0.5, 0.6) is 5.75 Å². The largest absolute Gasteiger partial charge is 0.495 e. The van der Waals surface area contributed by atoms with Gasteiger partial charge in [-0.1, -0.05) is 11.6 Å². The van der Waals surface area contributed by atoms with Crippen LogP contribution in [0.4, 0.5) is 0 Å². The second-order valence-corrected chi connectivity index (χ2v) is 4.85. The number of carboxylic acid groups (broad SMARTS) is 1. The topological polar surface area (TPSA) is 92.3 Å². The fourth-order valence-corrected chi connectivity index (χ4v) is 2.20. The van der Waals surface area contributed by atoms with Gasteiger partial charge in [0.1, 0.15) is 12.3 Å². The number of nitrogens with zero attached hydrogens (tertiary/aromatic N) is 2. The molecule has 7 heteroatoms. The number of carboxylic acids is 1. The van der Waals surface area contributed by atoms with Crippen molar-refractivity contribution < 1.29 is 14.6 Å². The van der Waals surface area contributed by atoms with Crippen molar-refractivity contribution >= 4 is 17.6 Å². The third-order valence-electron chi connectivity index (χ3n) is 3.01. The van der Waals surface area contributed by atoms with Crippen LogP contribution in [0.15, 0.2) is 35.3 Å². The number of benzene rings is 1. The summed E-state index contributed by atoms with van der Waals surface area (Å²) in [6.07, 6.45) is 1.30. The van der Waals surface area contributed by atoms with E-state index in [0.29, 0.717) is 21.7 Å². The predicted molar refractivity (Wildman–Crippen MR) is 80.1 cm³/mol. The Morgan fingerprint density at radius 1 is 1.41 bits per heavy atom. The third-order valence-corrected chi connectivity index (χ3v) is 3.24. The minimum atomic E-state index is -1.14. The maximum Gasteiger partial charge on any atom is 0.323 e. The fraction of sp³-hybridized carbons (Fsp3) is 0.133. The van der Waals surface area contributed by atoms with Gasteiger partial charge >= 0.3 is 5.97 Å². The highest BCUT2D eigenvalue weighted by molar-refractivity contribution is 6.31. The second-order valence-electron chi connectivity index (χ2n) is 4.42. The molecular formula is C15H11ClN2O4. The van der Waals surface area contributed by atoms with E-state index in [4.69, 9.17) is 21.4 Å². The van der Waals surface area contributed by atoms with Gasteiger partial charge in [-0.05, 0) is 18.2 Å². The number of ether oxygens (including phenoxy) is 1. The zero-order valence-electron chi connectivity index (χ0n) is 11.5. The van der Waals surface area contributed by atoms with Gasteiger partial charge in [0.25, 0.3) is 5.56 Å². The summed E-state index contributed by atoms with van der Waals surface area (Å²) < 4.78 is 6.23. The molecule has 0 saturated heterocycles. The molecule has 0 aliphatic carbocycles. The Morgan fingerprint density at radius 2 is 2.14 bits per heavy atom. The second kappa shape index (κ2) is 6.33. The molecule has 0 bridgehead atoms. The Kier molecular flexibility index (Phi) is 4.49. The fourth-order valence-electron chi connectivity index (χ4n) is 2.03. The Balaban J connectivity index is 2.69. The van der Waals surface area contributed by atoms with Crippen molar-refractivity contribution in [3.8, 4) is 22.9 Å². The quantitative estimate of drug-likeness (QED) is 0.932. The van der Waals surface area contributed by atoms with Gasteiger partial charge in [-0.3, -0.25) is 9.59 Å². The molecule has 1 N–H and O–H groups in total. The minimum Gasteiger partial charge on any atom is -0.495 e. The number of rotatable bonds is 4. The summed E-state index contributed by atoms with van der Waals surface area (Å²) in [5, 5.41) is 18.4. The maximum atomic E-state index is 12.0. The van der Waals surface area contributed by atoms with Gasteiger partial charge < -0.3 is 14.4 Å². The summed E-state index contributed by atoms with van der Waals surface area (Å²) in [6, 6.07) is 7.92. The van der Waals surface area contributed by atoms with Crippen LogP contribution in [-0.2, 0) is 11.3 Å². The third kappa shape index (κ3) is 3.10. The van der Waals surface area contributed by atoms with Crippen molar-refractivity contribution in [3.05, 3.63) is 51.4 Å². The zero-order chi connectivity index (χ0) is 16.3. The van der Waals surface area contributed by atoms with Gasteiger partial charge in [-0.15, -0.1) is 0 Å². The van der Waals surface area contributed by atoms with Crippen LogP contribution in [0, 0.1) is 11.3 Å². The molecule has 0 atom stereocenters. The highest BCUT2D eigenvalue weighted by Gasteiger charge is 2.15. The molecule has 0 aliphatic rings. The first kappa shape index (κ1) is 15.6. The van der Waals surface area contributed by atoms with Crippen LogP contribution in [0.25, 0.3) is 11.1 Å². The molecule has 0 aliphatic heterocycles. The van der Waals surface area contributed by atoms with Crippen LogP contribution in [0.1, 0.15) is 5.56 Å². The summed E-state index contributed by atoms with van der Waals surface area (Å²) in [5.74, 6) is -0.864. The average Bonchev–Trinajstić information content (AvgIpc) is 2.48. The number of pyridine rings is 1. The molecule has 2 aromatic rings. The van der Waals surface area contributed by atoms with E-state index >= 15 is 0 Å². The molecule has 0 saturated carbocycles. The lowest BCUT2D eigenvalue weighted by Gasteiger charge is -2.12. The van der Waals surface area contributed by atoms with E-state index in [1.54, 1.807) is 18.2 Å². The van der Waals surface area contributed by atoms with Crippen molar-refractivity contribution in [2.45, 2.75) is 6.54 Å². The number of aromatic nitrogens is 1. The predicted octanol–water partition coefficient (Wildman–Crippen LogP) is 2.13.